The summed E-state index contributed by atoms with van der Waals surface area (Å²) in [6.45, 7) is 16.5. The lowest BCUT2D eigenvalue weighted by Crippen LogP contribution is -2.55. The van der Waals surface area contributed by atoms with Gasteiger partial charge in [-0.15, -0.1) is 24.0 Å². The lowest BCUT2D eigenvalue weighted by molar-refractivity contribution is -0.130. The van der Waals surface area contributed by atoms with Crippen molar-refractivity contribution in [3.63, 3.8) is 0 Å². The summed E-state index contributed by atoms with van der Waals surface area (Å²) in [5.74, 6) is 0.825. The molecule has 3 N–H and O–H groups in total. The Labute approximate surface area is 192 Å². The average molecular weight is 526 g/mol. The highest BCUT2D eigenvalue weighted by atomic mass is 127. The zero-order chi connectivity index (χ0) is 21.4. The number of nitrogens with zero attached hydrogens (tertiary/aromatic N) is 3. The highest BCUT2D eigenvalue weighted by Crippen LogP contribution is 2.09. The van der Waals surface area contributed by atoms with Crippen molar-refractivity contribution in [2.45, 2.75) is 52.7 Å². The monoisotopic (exact) mass is 526 g/mol. The molecule has 1 aliphatic rings. The van der Waals surface area contributed by atoms with E-state index in [0.717, 1.165) is 39.3 Å². The molecule has 0 aromatic heterocycles. The molecule has 0 bridgehead atoms. The fourth-order valence-electron chi connectivity index (χ4n) is 2.77. The van der Waals surface area contributed by atoms with Crippen LogP contribution in [-0.4, -0.2) is 91.8 Å². The zero-order valence-corrected chi connectivity index (χ0v) is 21.3. The average Bonchev–Trinajstić information content (AvgIpc) is 2.56. The second-order valence-electron chi connectivity index (χ2n) is 8.71. The maximum Gasteiger partial charge on any atom is 0.408 e. The zero-order valence-electron chi connectivity index (χ0n) is 18.9. The minimum absolute atomic E-state index is 0. The van der Waals surface area contributed by atoms with Gasteiger partial charge in [0, 0.05) is 59.8 Å². The molecule has 1 aliphatic heterocycles. The molecule has 1 fully saturated rings. The maximum atomic E-state index is 12.0. The predicted molar refractivity (Wildman–Crippen MR) is 127 cm³/mol. The number of carbonyl (C=O) groups excluding carboxylic acids is 2. The minimum Gasteiger partial charge on any atom is -0.444 e. The van der Waals surface area contributed by atoms with Crippen LogP contribution < -0.4 is 16.0 Å². The van der Waals surface area contributed by atoms with E-state index in [9.17, 15) is 9.59 Å². The number of rotatable bonds is 6. The molecule has 0 aromatic carbocycles. The standard InChI is InChI=1S/C19H38N6O3.HI/c1-15(26)25-12-10-24(11-13-25)9-8-21-16(20-7)22-14-19(5,6)23-17(27)28-18(2,3)4;/h8-14H2,1-7H3,(H,23,27)(H2,20,21,22);1H. The van der Waals surface area contributed by atoms with Gasteiger partial charge in [-0.2, -0.15) is 0 Å². The molecule has 10 heteroatoms. The smallest absolute Gasteiger partial charge is 0.408 e. The molecule has 170 valence electrons. The minimum atomic E-state index is -0.527. The topological polar surface area (TPSA) is 98.3 Å². The normalized spacial score (nSPS) is 16.0. The number of carbonyl (C=O) groups is 2. The van der Waals surface area contributed by atoms with Crippen molar-refractivity contribution in [1.29, 1.82) is 0 Å². The van der Waals surface area contributed by atoms with Crippen molar-refractivity contribution in [1.82, 2.24) is 25.8 Å². The van der Waals surface area contributed by atoms with E-state index in [-0.39, 0.29) is 29.9 Å². The fraction of sp³-hybridized carbons (Fsp3) is 0.842. The number of halogens is 1. The van der Waals surface area contributed by atoms with E-state index in [1.807, 2.05) is 39.5 Å². The number of amides is 2. The highest BCUT2D eigenvalue weighted by Gasteiger charge is 2.25. The van der Waals surface area contributed by atoms with Crippen LogP contribution >= 0.6 is 24.0 Å². The first-order valence-electron chi connectivity index (χ1n) is 9.85. The van der Waals surface area contributed by atoms with Gasteiger partial charge in [0.1, 0.15) is 5.60 Å². The number of aliphatic imine (C=N–C) groups is 1. The molecule has 0 atom stereocenters. The van der Waals surface area contributed by atoms with E-state index >= 15 is 0 Å². The molecule has 1 heterocycles. The summed E-state index contributed by atoms with van der Waals surface area (Å²) in [5, 5.41) is 9.39. The Morgan fingerprint density at radius 1 is 1.03 bits per heavy atom. The number of hydrogen-bond acceptors (Lipinski definition) is 5. The van der Waals surface area contributed by atoms with Gasteiger partial charge in [-0.25, -0.2) is 4.79 Å². The molecule has 1 rings (SSSR count). The van der Waals surface area contributed by atoms with Crippen molar-refractivity contribution in [2.75, 3.05) is 52.9 Å². The predicted octanol–water partition coefficient (Wildman–Crippen LogP) is 1.24. The number of ether oxygens (including phenoxy) is 1. The number of piperazine rings is 1. The van der Waals surface area contributed by atoms with Gasteiger partial charge in [-0.3, -0.25) is 14.7 Å². The Hall–Kier alpha value is -1.30. The van der Waals surface area contributed by atoms with Gasteiger partial charge in [0.15, 0.2) is 5.96 Å². The summed E-state index contributed by atoms with van der Waals surface area (Å²) in [7, 11) is 1.72. The van der Waals surface area contributed by atoms with Gasteiger partial charge in [-0.05, 0) is 34.6 Å². The van der Waals surface area contributed by atoms with Crippen LogP contribution in [0, 0.1) is 0 Å². The summed E-state index contributed by atoms with van der Waals surface area (Å²) >= 11 is 0. The molecule has 9 nitrogen and oxygen atoms in total. The fourth-order valence-corrected chi connectivity index (χ4v) is 2.77. The van der Waals surface area contributed by atoms with Crippen LogP contribution in [-0.2, 0) is 9.53 Å². The molecule has 0 unspecified atom stereocenters. The molecule has 1 saturated heterocycles. The largest absolute Gasteiger partial charge is 0.444 e. The van der Waals surface area contributed by atoms with E-state index in [4.69, 9.17) is 4.74 Å². The van der Waals surface area contributed by atoms with Gasteiger partial charge in [-0.1, -0.05) is 0 Å². The number of nitrogens with one attached hydrogen (secondary N) is 3. The second kappa shape index (κ2) is 12.4. The number of guanidine groups is 1. The van der Waals surface area contributed by atoms with Gasteiger partial charge in [0.05, 0.1) is 5.54 Å². The summed E-state index contributed by atoms with van der Waals surface area (Å²) in [6, 6.07) is 0. The molecule has 0 aromatic rings. The molecule has 0 spiro atoms. The van der Waals surface area contributed by atoms with Crippen molar-refractivity contribution in [2.24, 2.45) is 4.99 Å². The van der Waals surface area contributed by atoms with Crippen molar-refractivity contribution in [3.8, 4) is 0 Å². The molecular weight excluding hydrogens is 487 g/mol. The van der Waals surface area contributed by atoms with Gasteiger partial charge >= 0.3 is 6.09 Å². The van der Waals surface area contributed by atoms with Crippen molar-refractivity contribution in [3.05, 3.63) is 0 Å². The van der Waals surface area contributed by atoms with E-state index in [0.29, 0.717) is 12.5 Å². The van der Waals surface area contributed by atoms with Gasteiger partial charge < -0.3 is 25.6 Å². The van der Waals surface area contributed by atoms with Crippen LogP contribution in [0.25, 0.3) is 0 Å². The first-order chi connectivity index (χ1) is 12.9. The molecule has 0 saturated carbocycles. The van der Waals surface area contributed by atoms with Crippen molar-refractivity contribution < 1.29 is 14.3 Å². The van der Waals surface area contributed by atoms with Crippen LogP contribution in [0.1, 0.15) is 41.5 Å². The first-order valence-corrected chi connectivity index (χ1v) is 9.85. The summed E-state index contributed by atoms with van der Waals surface area (Å²) in [5.41, 5.74) is -1.02. The van der Waals surface area contributed by atoms with E-state index in [2.05, 4.69) is 25.8 Å². The molecule has 2 amide bonds. The van der Waals surface area contributed by atoms with E-state index in [1.165, 1.54) is 0 Å². The van der Waals surface area contributed by atoms with E-state index in [1.54, 1.807) is 14.0 Å². The van der Waals surface area contributed by atoms with Crippen molar-refractivity contribution >= 4 is 41.9 Å². The SMILES string of the molecule is CN=C(NCCN1CCN(C(C)=O)CC1)NCC(C)(C)NC(=O)OC(C)(C)C.I. The number of alkyl carbamates (subject to hydrolysis) is 1. The first kappa shape index (κ1) is 27.7. The summed E-state index contributed by atoms with van der Waals surface area (Å²) in [4.78, 5) is 31.8. The third-order valence-electron chi connectivity index (χ3n) is 4.30. The second-order valence-corrected chi connectivity index (χ2v) is 8.71. The Kier molecular flexibility index (Phi) is 11.9. The maximum absolute atomic E-state index is 12.0. The molecule has 0 radical (unpaired) electrons. The summed E-state index contributed by atoms with van der Waals surface area (Å²) < 4.78 is 5.31. The Morgan fingerprint density at radius 2 is 1.62 bits per heavy atom. The molecule has 0 aliphatic carbocycles. The third kappa shape index (κ3) is 12.1. The van der Waals surface area contributed by atoms with E-state index < -0.39 is 17.2 Å². The Balaban J connectivity index is 0.00000784. The van der Waals surface area contributed by atoms with Crippen LogP contribution in [0.15, 0.2) is 4.99 Å². The third-order valence-corrected chi connectivity index (χ3v) is 4.30. The Bertz CT molecular complexity index is 555. The lowest BCUT2D eigenvalue weighted by atomic mass is 10.1. The lowest BCUT2D eigenvalue weighted by Gasteiger charge is -2.34. The molecular formula is C19H39IN6O3. The van der Waals surface area contributed by atoms with Crippen LogP contribution in [0.5, 0.6) is 0 Å². The van der Waals surface area contributed by atoms with Gasteiger partial charge in [0.2, 0.25) is 5.91 Å². The van der Waals surface area contributed by atoms with Crippen LogP contribution in [0.2, 0.25) is 0 Å². The summed E-state index contributed by atoms with van der Waals surface area (Å²) in [6.07, 6.45) is -0.438. The molecule has 29 heavy (non-hydrogen) atoms. The van der Waals surface area contributed by atoms with Crippen LogP contribution in [0.3, 0.4) is 0 Å². The highest BCUT2D eigenvalue weighted by molar-refractivity contribution is 14.0. The quantitative estimate of drug-likeness (QED) is 0.274. The van der Waals surface area contributed by atoms with Crippen LogP contribution in [0.4, 0.5) is 4.79 Å². The van der Waals surface area contributed by atoms with Gasteiger partial charge in [0.25, 0.3) is 0 Å². The Morgan fingerprint density at radius 3 is 2.10 bits per heavy atom. The number of hydrogen-bond donors (Lipinski definition) is 3.